The number of nitrogens with zero attached hydrogens (tertiary/aromatic N) is 1. The smallest absolute Gasteiger partial charge is 0.253 e. The van der Waals surface area contributed by atoms with E-state index in [1.165, 1.54) is 6.92 Å². The van der Waals surface area contributed by atoms with Gasteiger partial charge in [-0.25, -0.2) is 0 Å². The Kier molecular flexibility index (Phi) is 4.37. The van der Waals surface area contributed by atoms with Crippen molar-refractivity contribution in [2.45, 2.75) is 13.5 Å². The lowest BCUT2D eigenvalue weighted by Gasteiger charge is -2.18. The molecule has 0 unspecified atom stereocenters. The van der Waals surface area contributed by atoms with Crippen molar-refractivity contribution in [1.29, 1.82) is 0 Å². The van der Waals surface area contributed by atoms with Crippen LogP contribution >= 0.6 is 0 Å². The van der Waals surface area contributed by atoms with Crippen molar-refractivity contribution in [1.82, 2.24) is 4.90 Å². The van der Waals surface area contributed by atoms with Gasteiger partial charge in [-0.15, -0.1) is 0 Å². The summed E-state index contributed by atoms with van der Waals surface area (Å²) >= 11 is 0. The van der Waals surface area contributed by atoms with E-state index in [1.807, 2.05) is 18.2 Å². The fourth-order valence-corrected chi connectivity index (χ4v) is 2.50. The van der Waals surface area contributed by atoms with Crippen molar-refractivity contribution in [3.05, 3.63) is 53.6 Å². The van der Waals surface area contributed by atoms with Crippen molar-refractivity contribution in [2.75, 3.05) is 19.2 Å². The number of nitrogens with one attached hydrogen (secondary N) is 1. The van der Waals surface area contributed by atoms with E-state index in [9.17, 15) is 9.59 Å². The Bertz CT molecular complexity index is 771. The van der Waals surface area contributed by atoms with Gasteiger partial charge in [-0.1, -0.05) is 6.07 Å². The second-order valence-electron chi connectivity index (χ2n) is 5.61. The van der Waals surface area contributed by atoms with Crippen molar-refractivity contribution in [3.8, 4) is 11.5 Å². The summed E-state index contributed by atoms with van der Waals surface area (Å²) < 4.78 is 10.6. The molecule has 2 amide bonds. The summed E-state index contributed by atoms with van der Waals surface area (Å²) in [5.41, 5.74) is 2.19. The summed E-state index contributed by atoms with van der Waals surface area (Å²) in [5, 5.41) is 2.67. The highest BCUT2D eigenvalue weighted by atomic mass is 16.7. The minimum absolute atomic E-state index is 0.0953. The molecule has 2 aromatic carbocycles. The molecule has 2 aromatic rings. The Labute approximate surface area is 140 Å². The number of anilines is 1. The van der Waals surface area contributed by atoms with Crippen molar-refractivity contribution in [3.63, 3.8) is 0 Å². The van der Waals surface area contributed by atoms with Gasteiger partial charge in [0.25, 0.3) is 5.91 Å². The Hall–Kier alpha value is -3.02. The van der Waals surface area contributed by atoms with Crippen LogP contribution in [0.5, 0.6) is 11.5 Å². The van der Waals surface area contributed by atoms with Crippen LogP contribution in [0.4, 0.5) is 5.69 Å². The van der Waals surface area contributed by atoms with Gasteiger partial charge in [0, 0.05) is 31.8 Å². The first-order valence-corrected chi connectivity index (χ1v) is 7.54. The summed E-state index contributed by atoms with van der Waals surface area (Å²) in [6.45, 7) is 2.13. The summed E-state index contributed by atoms with van der Waals surface area (Å²) in [6.07, 6.45) is 0. The predicted molar refractivity (Wildman–Crippen MR) is 89.1 cm³/mol. The predicted octanol–water partition coefficient (Wildman–Crippen LogP) is 2.65. The van der Waals surface area contributed by atoms with E-state index in [1.54, 1.807) is 36.2 Å². The molecule has 0 saturated carbocycles. The molecule has 6 heteroatoms. The number of benzene rings is 2. The lowest BCUT2D eigenvalue weighted by atomic mass is 10.1. The van der Waals surface area contributed by atoms with Gasteiger partial charge < -0.3 is 19.7 Å². The third kappa shape index (κ3) is 3.48. The molecule has 1 aliphatic heterocycles. The maximum atomic E-state index is 12.5. The zero-order valence-electron chi connectivity index (χ0n) is 13.5. The molecule has 0 atom stereocenters. The minimum Gasteiger partial charge on any atom is -0.454 e. The first-order chi connectivity index (χ1) is 11.5. The Balaban J connectivity index is 1.67. The van der Waals surface area contributed by atoms with Crippen molar-refractivity contribution < 1.29 is 19.1 Å². The highest BCUT2D eigenvalue weighted by Gasteiger charge is 2.16. The summed E-state index contributed by atoms with van der Waals surface area (Å²) in [6, 6.07) is 12.5. The molecule has 24 heavy (non-hydrogen) atoms. The van der Waals surface area contributed by atoms with Gasteiger partial charge in [-0.2, -0.15) is 0 Å². The highest BCUT2D eigenvalue weighted by Crippen LogP contribution is 2.32. The number of carbonyl (C=O) groups excluding carboxylic acids is 2. The third-order valence-electron chi connectivity index (χ3n) is 3.66. The van der Waals surface area contributed by atoms with Crippen LogP contribution in [0.2, 0.25) is 0 Å². The fraction of sp³-hybridized carbons (Fsp3) is 0.222. The van der Waals surface area contributed by atoms with Gasteiger partial charge in [-0.3, -0.25) is 9.59 Å². The Morgan fingerprint density at radius 1 is 1.08 bits per heavy atom. The topological polar surface area (TPSA) is 67.9 Å². The zero-order chi connectivity index (χ0) is 17.1. The number of fused-ring (bicyclic) bond motifs is 1. The lowest BCUT2D eigenvalue weighted by Crippen LogP contribution is -2.26. The van der Waals surface area contributed by atoms with Crippen molar-refractivity contribution >= 4 is 17.5 Å². The maximum Gasteiger partial charge on any atom is 0.253 e. The second-order valence-corrected chi connectivity index (χ2v) is 5.61. The number of hydrogen-bond acceptors (Lipinski definition) is 4. The van der Waals surface area contributed by atoms with Gasteiger partial charge in [0.15, 0.2) is 11.5 Å². The van der Waals surface area contributed by atoms with Crippen LogP contribution in [-0.2, 0) is 11.3 Å². The van der Waals surface area contributed by atoms with E-state index >= 15 is 0 Å². The van der Waals surface area contributed by atoms with Gasteiger partial charge >= 0.3 is 0 Å². The van der Waals surface area contributed by atoms with Crippen LogP contribution in [-0.4, -0.2) is 30.6 Å². The van der Waals surface area contributed by atoms with Gasteiger partial charge in [0.2, 0.25) is 12.7 Å². The van der Waals surface area contributed by atoms with E-state index < -0.39 is 0 Å². The molecule has 0 bridgehead atoms. The second kappa shape index (κ2) is 6.62. The molecule has 0 spiro atoms. The first-order valence-electron chi connectivity index (χ1n) is 7.54. The lowest BCUT2D eigenvalue weighted by molar-refractivity contribution is -0.114. The molecule has 6 nitrogen and oxygen atoms in total. The molecule has 1 aliphatic rings. The zero-order valence-corrected chi connectivity index (χ0v) is 13.5. The van der Waals surface area contributed by atoms with Crippen LogP contribution < -0.4 is 14.8 Å². The molecule has 124 valence electrons. The molecule has 0 saturated heterocycles. The van der Waals surface area contributed by atoms with E-state index in [-0.39, 0.29) is 18.6 Å². The van der Waals surface area contributed by atoms with Gasteiger partial charge in [0.1, 0.15) is 0 Å². The standard InChI is InChI=1S/C18H18N2O4/c1-12(21)19-15-6-4-14(5-7-15)18(22)20(2)10-13-3-8-16-17(9-13)24-11-23-16/h3-9H,10-11H2,1-2H3,(H,19,21). The molecule has 0 radical (unpaired) electrons. The van der Waals surface area contributed by atoms with Gasteiger partial charge in [0.05, 0.1) is 0 Å². The molecule has 1 N–H and O–H groups in total. The average molecular weight is 326 g/mol. The SMILES string of the molecule is CC(=O)Nc1ccc(C(=O)N(C)Cc2ccc3c(c2)OCO3)cc1. The highest BCUT2D eigenvalue weighted by molar-refractivity contribution is 5.95. The molecule has 1 heterocycles. The normalized spacial score (nSPS) is 11.9. The molecule has 3 rings (SSSR count). The number of hydrogen-bond donors (Lipinski definition) is 1. The van der Waals surface area contributed by atoms with Crippen LogP contribution in [0, 0.1) is 0 Å². The van der Waals surface area contributed by atoms with E-state index in [2.05, 4.69) is 5.32 Å². The quantitative estimate of drug-likeness (QED) is 0.938. The van der Waals surface area contributed by atoms with E-state index in [4.69, 9.17) is 9.47 Å². The molecular formula is C18H18N2O4. The molecule has 0 aromatic heterocycles. The molecule has 0 fully saturated rings. The van der Waals surface area contributed by atoms with Crippen LogP contribution in [0.15, 0.2) is 42.5 Å². The number of rotatable bonds is 4. The number of ether oxygens (including phenoxy) is 2. The Morgan fingerprint density at radius 2 is 1.79 bits per heavy atom. The van der Waals surface area contributed by atoms with Crippen LogP contribution in [0.25, 0.3) is 0 Å². The average Bonchev–Trinajstić information content (AvgIpc) is 3.02. The number of amides is 2. The van der Waals surface area contributed by atoms with Crippen LogP contribution in [0.3, 0.4) is 0 Å². The third-order valence-corrected chi connectivity index (χ3v) is 3.66. The molecular weight excluding hydrogens is 308 g/mol. The molecule has 0 aliphatic carbocycles. The number of carbonyl (C=O) groups is 2. The minimum atomic E-state index is -0.144. The Morgan fingerprint density at radius 3 is 2.50 bits per heavy atom. The summed E-state index contributed by atoms with van der Waals surface area (Å²) in [5.74, 6) is 1.19. The van der Waals surface area contributed by atoms with E-state index in [0.29, 0.717) is 23.5 Å². The van der Waals surface area contributed by atoms with Gasteiger partial charge in [-0.05, 0) is 42.0 Å². The fourth-order valence-electron chi connectivity index (χ4n) is 2.50. The largest absolute Gasteiger partial charge is 0.454 e. The summed E-state index contributed by atoms with van der Waals surface area (Å²) in [7, 11) is 1.74. The van der Waals surface area contributed by atoms with E-state index in [0.717, 1.165) is 11.3 Å². The summed E-state index contributed by atoms with van der Waals surface area (Å²) in [4.78, 5) is 25.1. The maximum absolute atomic E-state index is 12.5. The first kappa shape index (κ1) is 15.9. The monoisotopic (exact) mass is 326 g/mol. The van der Waals surface area contributed by atoms with Crippen molar-refractivity contribution in [2.24, 2.45) is 0 Å². The van der Waals surface area contributed by atoms with Crippen LogP contribution in [0.1, 0.15) is 22.8 Å².